The number of carbonyl (C=O) groups is 1. The highest BCUT2D eigenvalue weighted by atomic mass is 16.5. The maximum absolute atomic E-state index is 13.0. The maximum atomic E-state index is 13.0. The monoisotopic (exact) mass is 375 g/mol. The molecule has 0 aliphatic heterocycles. The van der Waals surface area contributed by atoms with Crippen LogP contribution in [-0.2, 0) is 0 Å². The summed E-state index contributed by atoms with van der Waals surface area (Å²) in [6, 6.07) is 5.97. The minimum absolute atomic E-state index is 0.0105. The molecule has 7 heteroatoms. The molecule has 0 aliphatic carbocycles. The van der Waals surface area contributed by atoms with Crippen molar-refractivity contribution in [1.29, 1.82) is 0 Å². The first-order valence-electron chi connectivity index (χ1n) is 8.39. The van der Waals surface area contributed by atoms with Gasteiger partial charge < -0.3 is 29.3 Å². The molecule has 2 aromatic carbocycles. The molecule has 0 unspecified atom stereocenters. The number of anilines is 1. The van der Waals surface area contributed by atoms with E-state index in [0.717, 1.165) is 0 Å². The van der Waals surface area contributed by atoms with E-state index in [2.05, 4.69) is 0 Å². The average molecular weight is 375 g/mol. The van der Waals surface area contributed by atoms with Gasteiger partial charge in [0.25, 0.3) is 5.91 Å². The van der Waals surface area contributed by atoms with E-state index in [1.165, 1.54) is 38.4 Å². The summed E-state index contributed by atoms with van der Waals surface area (Å²) in [7, 11) is 6.05. The summed E-state index contributed by atoms with van der Waals surface area (Å²) in [5.74, 6) is 0.441. The molecule has 0 heterocycles. The molecule has 0 aromatic heterocycles. The Balaban J connectivity index is 2.51. The molecule has 0 fully saturated rings. The van der Waals surface area contributed by atoms with Crippen LogP contribution in [0.3, 0.4) is 0 Å². The smallest absolute Gasteiger partial charge is 0.261 e. The van der Waals surface area contributed by atoms with Crippen LogP contribution in [0.25, 0.3) is 0 Å². The van der Waals surface area contributed by atoms with Crippen LogP contribution < -0.4 is 19.1 Å². The van der Waals surface area contributed by atoms with Gasteiger partial charge in [-0.3, -0.25) is 4.79 Å². The largest absolute Gasteiger partial charge is 0.508 e. The normalized spacial score (nSPS) is 10.6. The molecule has 2 N–H and O–H groups in total. The van der Waals surface area contributed by atoms with Crippen molar-refractivity contribution in [2.24, 2.45) is 0 Å². The summed E-state index contributed by atoms with van der Waals surface area (Å²) in [6.07, 6.45) is 0. The van der Waals surface area contributed by atoms with Crippen LogP contribution in [0.5, 0.6) is 28.7 Å². The van der Waals surface area contributed by atoms with E-state index in [0.29, 0.717) is 28.5 Å². The van der Waals surface area contributed by atoms with Crippen molar-refractivity contribution in [3.05, 3.63) is 35.4 Å². The zero-order valence-electron chi connectivity index (χ0n) is 16.4. The van der Waals surface area contributed by atoms with Gasteiger partial charge in [0.2, 0.25) is 5.75 Å². The minimum Gasteiger partial charge on any atom is -0.508 e. The maximum Gasteiger partial charge on any atom is 0.261 e. The number of hydrogen-bond acceptors (Lipinski definition) is 6. The summed E-state index contributed by atoms with van der Waals surface area (Å²) < 4.78 is 15.9. The Morgan fingerprint density at radius 3 is 1.93 bits per heavy atom. The number of phenols is 2. The standard InChI is InChI=1S/C20H25NO6/c1-11(2)13-9-14(16(23)10-15(13)22)20(24)21(3)12-7-17(25-4)19(27-6)18(8-12)26-5/h7-11,22-23H,1-6H3. The topological polar surface area (TPSA) is 88.5 Å². The highest BCUT2D eigenvalue weighted by Crippen LogP contribution is 2.41. The molecule has 0 radical (unpaired) electrons. The number of methoxy groups -OCH3 is 3. The molecular weight excluding hydrogens is 350 g/mol. The van der Waals surface area contributed by atoms with Crippen molar-refractivity contribution >= 4 is 11.6 Å². The van der Waals surface area contributed by atoms with Crippen LogP contribution in [0.4, 0.5) is 5.69 Å². The summed E-state index contributed by atoms with van der Waals surface area (Å²) in [6.45, 7) is 3.78. The Kier molecular flexibility index (Phi) is 6.05. The van der Waals surface area contributed by atoms with E-state index < -0.39 is 5.91 Å². The fraction of sp³-hybridized carbons (Fsp3) is 0.350. The molecular formula is C20H25NO6. The van der Waals surface area contributed by atoms with E-state index in [4.69, 9.17) is 14.2 Å². The predicted molar refractivity (Wildman–Crippen MR) is 103 cm³/mol. The number of hydrogen-bond donors (Lipinski definition) is 2. The third-order valence-corrected chi connectivity index (χ3v) is 4.34. The van der Waals surface area contributed by atoms with Gasteiger partial charge >= 0.3 is 0 Å². The molecule has 0 saturated carbocycles. The van der Waals surface area contributed by atoms with Crippen molar-refractivity contribution in [3.63, 3.8) is 0 Å². The Bertz CT molecular complexity index is 822. The van der Waals surface area contributed by atoms with Gasteiger partial charge in [-0.25, -0.2) is 0 Å². The summed E-state index contributed by atoms with van der Waals surface area (Å²) in [5, 5.41) is 20.2. The lowest BCUT2D eigenvalue weighted by atomic mass is 9.98. The third kappa shape index (κ3) is 3.86. The van der Waals surface area contributed by atoms with Crippen molar-refractivity contribution < 1.29 is 29.2 Å². The van der Waals surface area contributed by atoms with Crippen LogP contribution in [-0.4, -0.2) is 44.5 Å². The molecule has 0 saturated heterocycles. The average Bonchev–Trinajstić information content (AvgIpc) is 2.65. The van der Waals surface area contributed by atoms with Gasteiger partial charge in [0.15, 0.2) is 11.5 Å². The highest BCUT2D eigenvalue weighted by molar-refractivity contribution is 6.08. The molecule has 1 amide bonds. The Morgan fingerprint density at radius 1 is 0.926 bits per heavy atom. The highest BCUT2D eigenvalue weighted by Gasteiger charge is 2.23. The van der Waals surface area contributed by atoms with Crippen LogP contribution in [0.15, 0.2) is 24.3 Å². The summed E-state index contributed by atoms with van der Waals surface area (Å²) in [4.78, 5) is 14.3. The number of amides is 1. The molecule has 0 bridgehead atoms. The summed E-state index contributed by atoms with van der Waals surface area (Å²) in [5.41, 5.74) is 1.16. The fourth-order valence-corrected chi connectivity index (χ4v) is 2.79. The predicted octanol–water partition coefficient (Wildman–Crippen LogP) is 3.52. The van der Waals surface area contributed by atoms with Gasteiger partial charge in [0.1, 0.15) is 11.5 Å². The second kappa shape index (κ2) is 8.07. The Labute approximate surface area is 158 Å². The van der Waals surface area contributed by atoms with Crippen molar-refractivity contribution in [2.75, 3.05) is 33.3 Å². The van der Waals surface area contributed by atoms with Crippen LogP contribution in [0, 0.1) is 0 Å². The Hall–Kier alpha value is -3.09. The molecule has 2 aromatic rings. The van der Waals surface area contributed by atoms with Crippen LogP contribution >= 0.6 is 0 Å². The minimum atomic E-state index is -0.441. The van der Waals surface area contributed by atoms with E-state index in [9.17, 15) is 15.0 Å². The first-order chi connectivity index (χ1) is 12.7. The first-order valence-corrected chi connectivity index (χ1v) is 8.39. The number of nitrogens with zero attached hydrogens (tertiary/aromatic N) is 1. The number of aromatic hydroxyl groups is 2. The first kappa shape index (κ1) is 20.2. The molecule has 0 spiro atoms. The quantitative estimate of drug-likeness (QED) is 0.803. The fourth-order valence-electron chi connectivity index (χ4n) is 2.79. The number of phenolic OH excluding ortho intramolecular Hbond substituents is 2. The van der Waals surface area contributed by atoms with Crippen LogP contribution in [0.1, 0.15) is 35.7 Å². The van der Waals surface area contributed by atoms with Gasteiger partial charge in [0, 0.05) is 25.2 Å². The van der Waals surface area contributed by atoms with Gasteiger partial charge in [-0.1, -0.05) is 13.8 Å². The number of ether oxygens (including phenoxy) is 3. The SMILES string of the molecule is COc1cc(N(C)C(=O)c2cc(C(C)C)c(O)cc2O)cc(OC)c1OC. The second-order valence-electron chi connectivity index (χ2n) is 6.33. The zero-order chi connectivity index (χ0) is 20.3. The van der Waals surface area contributed by atoms with Crippen molar-refractivity contribution in [1.82, 2.24) is 0 Å². The third-order valence-electron chi connectivity index (χ3n) is 4.34. The summed E-state index contributed by atoms with van der Waals surface area (Å²) >= 11 is 0. The number of benzene rings is 2. The van der Waals surface area contributed by atoms with Crippen LogP contribution in [0.2, 0.25) is 0 Å². The van der Waals surface area contributed by atoms with Crippen molar-refractivity contribution in [2.45, 2.75) is 19.8 Å². The Morgan fingerprint density at radius 2 is 1.48 bits per heavy atom. The van der Waals surface area contributed by atoms with Gasteiger partial charge in [-0.2, -0.15) is 0 Å². The zero-order valence-corrected chi connectivity index (χ0v) is 16.4. The van der Waals surface area contributed by atoms with E-state index >= 15 is 0 Å². The lowest BCUT2D eigenvalue weighted by Gasteiger charge is -2.22. The molecule has 0 atom stereocenters. The second-order valence-corrected chi connectivity index (χ2v) is 6.33. The van der Waals surface area contributed by atoms with E-state index in [1.807, 2.05) is 13.8 Å². The molecule has 0 aliphatic rings. The van der Waals surface area contributed by atoms with Gasteiger partial charge in [-0.15, -0.1) is 0 Å². The van der Waals surface area contributed by atoms with Gasteiger partial charge in [0.05, 0.1) is 32.6 Å². The number of carbonyl (C=O) groups excluding carboxylic acids is 1. The molecule has 7 nitrogen and oxygen atoms in total. The lowest BCUT2D eigenvalue weighted by molar-refractivity contribution is 0.0990. The molecule has 27 heavy (non-hydrogen) atoms. The lowest BCUT2D eigenvalue weighted by Crippen LogP contribution is -2.26. The van der Waals surface area contributed by atoms with Gasteiger partial charge in [-0.05, 0) is 17.5 Å². The van der Waals surface area contributed by atoms with E-state index in [-0.39, 0.29) is 23.0 Å². The molecule has 2 rings (SSSR count). The molecule has 146 valence electrons. The van der Waals surface area contributed by atoms with Crippen molar-refractivity contribution in [3.8, 4) is 28.7 Å². The number of rotatable bonds is 6. The van der Waals surface area contributed by atoms with E-state index in [1.54, 1.807) is 19.2 Å².